The standard InChI is InChI=1S/C11H12O4/c1-6-4-5-8(11(14)15-3)9(7(6)2)10(12)13/h4-5H,1-3H3,(H,12,13). The number of carbonyl (C=O) groups is 2. The van der Waals surface area contributed by atoms with E-state index in [4.69, 9.17) is 5.11 Å². The molecule has 0 saturated heterocycles. The molecule has 4 nitrogen and oxygen atoms in total. The van der Waals surface area contributed by atoms with Crippen molar-refractivity contribution in [2.75, 3.05) is 7.11 Å². The molecule has 0 atom stereocenters. The Morgan fingerprint density at radius 1 is 1.27 bits per heavy atom. The van der Waals surface area contributed by atoms with Crippen LogP contribution in [-0.4, -0.2) is 24.2 Å². The van der Waals surface area contributed by atoms with Crippen molar-refractivity contribution >= 4 is 11.9 Å². The molecule has 1 aromatic carbocycles. The second-order valence-electron chi connectivity index (χ2n) is 3.23. The van der Waals surface area contributed by atoms with Crippen LogP contribution in [0.3, 0.4) is 0 Å². The maximum absolute atomic E-state index is 11.3. The van der Waals surface area contributed by atoms with E-state index in [-0.39, 0.29) is 11.1 Å². The van der Waals surface area contributed by atoms with Gasteiger partial charge in [-0.05, 0) is 31.0 Å². The summed E-state index contributed by atoms with van der Waals surface area (Å²) >= 11 is 0. The number of carboxylic acid groups (broad SMARTS) is 1. The van der Waals surface area contributed by atoms with Crippen molar-refractivity contribution in [1.82, 2.24) is 0 Å². The van der Waals surface area contributed by atoms with E-state index < -0.39 is 11.9 Å². The van der Waals surface area contributed by atoms with Gasteiger partial charge in [-0.15, -0.1) is 0 Å². The first kappa shape index (κ1) is 11.2. The highest BCUT2D eigenvalue weighted by Gasteiger charge is 2.20. The van der Waals surface area contributed by atoms with Crippen LogP contribution in [0.25, 0.3) is 0 Å². The summed E-state index contributed by atoms with van der Waals surface area (Å²) in [5.74, 6) is -1.74. The summed E-state index contributed by atoms with van der Waals surface area (Å²) < 4.78 is 4.52. The zero-order valence-electron chi connectivity index (χ0n) is 8.83. The SMILES string of the molecule is COC(=O)c1ccc(C)c(C)c1C(=O)O. The molecule has 4 heteroatoms. The molecular formula is C11H12O4. The minimum Gasteiger partial charge on any atom is -0.478 e. The minimum atomic E-state index is -1.11. The number of rotatable bonds is 2. The Bertz CT molecular complexity index is 421. The average Bonchev–Trinajstić information content (AvgIpc) is 2.20. The van der Waals surface area contributed by atoms with Gasteiger partial charge < -0.3 is 9.84 Å². The molecule has 0 aromatic heterocycles. The number of aryl methyl sites for hydroxylation is 1. The van der Waals surface area contributed by atoms with Crippen LogP contribution in [-0.2, 0) is 4.74 Å². The summed E-state index contributed by atoms with van der Waals surface area (Å²) in [4.78, 5) is 22.3. The van der Waals surface area contributed by atoms with Crippen molar-refractivity contribution in [3.63, 3.8) is 0 Å². The normalized spacial score (nSPS) is 9.80. The van der Waals surface area contributed by atoms with Gasteiger partial charge >= 0.3 is 11.9 Å². The zero-order valence-corrected chi connectivity index (χ0v) is 8.83. The zero-order chi connectivity index (χ0) is 11.6. The molecule has 0 aliphatic rings. The number of hydrogen-bond acceptors (Lipinski definition) is 3. The van der Waals surface area contributed by atoms with Gasteiger partial charge in [-0.25, -0.2) is 9.59 Å². The first-order valence-corrected chi connectivity index (χ1v) is 4.40. The summed E-state index contributed by atoms with van der Waals surface area (Å²) in [5, 5.41) is 9.01. The monoisotopic (exact) mass is 208 g/mol. The molecule has 0 heterocycles. The number of esters is 1. The Labute approximate surface area is 87.5 Å². The van der Waals surface area contributed by atoms with Crippen molar-refractivity contribution < 1.29 is 19.4 Å². The van der Waals surface area contributed by atoms with Crippen LogP contribution in [0.5, 0.6) is 0 Å². The third kappa shape index (κ3) is 1.98. The average molecular weight is 208 g/mol. The topological polar surface area (TPSA) is 63.6 Å². The van der Waals surface area contributed by atoms with Crippen molar-refractivity contribution in [2.45, 2.75) is 13.8 Å². The third-order valence-electron chi connectivity index (χ3n) is 2.36. The maximum Gasteiger partial charge on any atom is 0.338 e. The van der Waals surface area contributed by atoms with E-state index in [9.17, 15) is 9.59 Å². The number of ether oxygens (including phenoxy) is 1. The molecule has 0 fully saturated rings. The van der Waals surface area contributed by atoms with Crippen molar-refractivity contribution in [1.29, 1.82) is 0 Å². The highest BCUT2D eigenvalue weighted by molar-refractivity contribution is 6.03. The lowest BCUT2D eigenvalue weighted by Crippen LogP contribution is -2.12. The van der Waals surface area contributed by atoms with E-state index >= 15 is 0 Å². The van der Waals surface area contributed by atoms with Crippen molar-refractivity contribution in [3.8, 4) is 0 Å². The van der Waals surface area contributed by atoms with Gasteiger partial charge in [-0.2, -0.15) is 0 Å². The van der Waals surface area contributed by atoms with Gasteiger partial charge in [-0.3, -0.25) is 0 Å². The largest absolute Gasteiger partial charge is 0.478 e. The first-order chi connectivity index (χ1) is 6.99. The smallest absolute Gasteiger partial charge is 0.338 e. The fourth-order valence-corrected chi connectivity index (χ4v) is 1.37. The fraction of sp³-hybridized carbons (Fsp3) is 0.273. The molecule has 0 aliphatic carbocycles. The summed E-state index contributed by atoms with van der Waals surface area (Å²) in [6, 6.07) is 3.17. The number of carbonyl (C=O) groups excluding carboxylic acids is 1. The highest BCUT2D eigenvalue weighted by atomic mass is 16.5. The predicted molar refractivity (Wildman–Crippen MR) is 54.2 cm³/mol. The maximum atomic E-state index is 11.3. The Kier molecular flexibility index (Phi) is 3.09. The quantitative estimate of drug-likeness (QED) is 0.752. The van der Waals surface area contributed by atoms with Gasteiger partial charge in [0.2, 0.25) is 0 Å². The van der Waals surface area contributed by atoms with Gasteiger partial charge in [0.05, 0.1) is 18.2 Å². The summed E-state index contributed by atoms with van der Waals surface area (Å²) in [6.07, 6.45) is 0. The Hall–Kier alpha value is -1.84. The van der Waals surface area contributed by atoms with Gasteiger partial charge in [0, 0.05) is 0 Å². The summed E-state index contributed by atoms with van der Waals surface area (Å²) in [7, 11) is 1.23. The number of benzene rings is 1. The molecule has 0 aliphatic heterocycles. The summed E-state index contributed by atoms with van der Waals surface area (Å²) in [5.41, 5.74) is 1.53. The van der Waals surface area contributed by atoms with E-state index in [0.29, 0.717) is 5.56 Å². The van der Waals surface area contributed by atoms with E-state index in [0.717, 1.165) is 5.56 Å². The minimum absolute atomic E-state index is 0.0156. The molecule has 0 saturated carbocycles. The van der Waals surface area contributed by atoms with E-state index in [1.54, 1.807) is 19.9 Å². The van der Waals surface area contributed by atoms with Crippen LogP contribution in [0.4, 0.5) is 0 Å². The van der Waals surface area contributed by atoms with Gasteiger partial charge in [0.15, 0.2) is 0 Å². The Morgan fingerprint density at radius 2 is 1.87 bits per heavy atom. The van der Waals surface area contributed by atoms with Gasteiger partial charge in [-0.1, -0.05) is 6.07 Å². The molecular weight excluding hydrogens is 196 g/mol. The van der Waals surface area contributed by atoms with Crippen LogP contribution < -0.4 is 0 Å². The Balaban J connectivity index is 3.46. The molecule has 1 aromatic rings. The van der Waals surface area contributed by atoms with Crippen molar-refractivity contribution in [2.24, 2.45) is 0 Å². The van der Waals surface area contributed by atoms with Crippen molar-refractivity contribution in [3.05, 3.63) is 34.4 Å². The molecule has 80 valence electrons. The summed E-state index contributed by atoms with van der Waals surface area (Å²) in [6.45, 7) is 3.47. The van der Waals surface area contributed by atoms with Crippen LogP contribution in [0.15, 0.2) is 12.1 Å². The Morgan fingerprint density at radius 3 is 2.33 bits per heavy atom. The molecule has 1 rings (SSSR count). The number of aromatic carboxylic acids is 1. The molecule has 0 spiro atoms. The third-order valence-corrected chi connectivity index (χ3v) is 2.36. The molecule has 0 bridgehead atoms. The number of carboxylic acids is 1. The molecule has 1 N–H and O–H groups in total. The molecule has 0 radical (unpaired) electrons. The van der Waals surface area contributed by atoms with Crippen LogP contribution in [0.1, 0.15) is 31.8 Å². The van der Waals surface area contributed by atoms with Gasteiger partial charge in [0.1, 0.15) is 0 Å². The first-order valence-electron chi connectivity index (χ1n) is 4.40. The molecule has 15 heavy (non-hydrogen) atoms. The fourth-order valence-electron chi connectivity index (χ4n) is 1.37. The number of methoxy groups -OCH3 is 1. The van der Waals surface area contributed by atoms with Crippen LogP contribution in [0, 0.1) is 13.8 Å². The second-order valence-corrected chi connectivity index (χ2v) is 3.23. The number of hydrogen-bond donors (Lipinski definition) is 1. The lowest BCUT2D eigenvalue weighted by atomic mass is 9.98. The molecule has 0 amide bonds. The lowest BCUT2D eigenvalue weighted by Gasteiger charge is -2.09. The predicted octanol–water partition coefficient (Wildman–Crippen LogP) is 1.79. The van der Waals surface area contributed by atoms with Gasteiger partial charge in [0.25, 0.3) is 0 Å². The van der Waals surface area contributed by atoms with E-state index in [1.165, 1.54) is 13.2 Å². The highest BCUT2D eigenvalue weighted by Crippen LogP contribution is 2.19. The van der Waals surface area contributed by atoms with Crippen LogP contribution in [0.2, 0.25) is 0 Å². The van der Waals surface area contributed by atoms with Crippen LogP contribution >= 0.6 is 0 Å². The molecule has 0 unspecified atom stereocenters. The van der Waals surface area contributed by atoms with E-state index in [1.807, 2.05) is 0 Å². The lowest BCUT2D eigenvalue weighted by molar-refractivity contribution is 0.0582. The van der Waals surface area contributed by atoms with E-state index in [2.05, 4.69) is 4.74 Å². The second kappa shape index (κ2) is 4.13.